The molecule has 3 atom stereocenters. The maximum atomic E-state index is 14.6. The number of benzene rings is 2. The molecular formula is C35H51N3O4. The summed E-state index contributed by atoms with van der Waals surface area (Å²) in [6.07, 6.45) is 3.02. The largest absolute Gasteiger partial charge is 0.444 e. The van der Waals surface area contributed by atoms with Crippen molar-refractivity contribution in [3.05, 3.63) is 71.8 Å². The first-order valence-corrected chi connectivity index (χ1v) is 15.0. The van der Waals surface area contributed by atoms with Crippen molar-refractivity contribution in [2.75, 3.05) is 5.32 Å². The van der Waals surface area contributed by atoms with Crippen LogP contribution >= 0.6 is 0 Å². The number of carbonyl (C=O) groups is 3. The maximum Gasteiger partial charge on any atom is 0.408 e. The number of nitrogens with one attached hydrogen (secondary N) is 2. The SMILES string of the molecule is C=Cc1cccc(C(C(=O)Nc2ccccc2C)N(C(=O)C(CC(C)C)NC(=O)OC(C)(C)C)C(C)CCC(C)C)c1. The molecule has 0 aliphatic heterocycles. The predicted octanol–water partition coefficient (Wildman–Crippen LogP) is 7.91. The lowest BCUT2D eigenvalue weighted by atomic mass is 9.94. The van der Waals surface area contributed by atoms with Crippen molar-refractivity contribution >= 4 is 29.7 Å². The highest BCUT2D eigenvalue weighted by atomic mass is 16.6. The van der Waals surface area contributed by atoms with Gasteiger partial charge in [0.25, 0.3) is 5.91 Å². The highest BCUT2D eigenvalue weighted by molar-refractivity contribution is 5.99. The molecule has 7 nitrogen and oxygen atoms in total. The monoisotopic (exact) mass is 577 g/mol. The Morgan fingerprint density at radius 3 is 2.19 bits per heavy atom. The Morgan fingerprint density at radius 2 is 1.62 bits per heavy atom. The van der Waals surface area contributed by atoms with E-state index in [0.29, 0.717) is 30.0 Å². The second-order valence-electron chi connectivity index (χ2n) is 13.0. The highest BCUT2D eigenvalue weighted by Crippen LogP contribution is 2.30. The summed E-state index contributed by atoms with van der Waals surface area (Å²) in [5, 5.41) is 5.91. The lowest BCUT2D eigenvalue weighted by molar-refractivity contribution is -0.144. The summed E-state index contributed by atoms with van der Waals surface area (Å²) in [6.45, 7) is 21.4. The van der Waals surface area contributed by atoms with E-state index >= 15 is 0 Å². The van der Waals surface area contributed by atoms with E-state index in [1.54, 1.807) is 31.7 Å². The summed E-state index contributed by atoms with van der Waals surface area (Å²) >= 11 is 0. The molecule has 3 amide bonds. The molecule has 0 heterocycles. The zero-order chi connectivity index (χ0) is 31.6. The molecule has 42 heavy (non-hydrogen) atoms. The smallest absolute Gasteiger partial charge is 0.408 e. The van der Waals surface area contributed by atoms with Gasteiger partial charge in [-0.2, -0.15) is 0 Å². The van der Waals surface area contributed by atoms with Crippen molar-refractivity contribution in [3.8, 4) is 0 Å². The number of amides is 3. The minimum absolute atomic E-state index is 0.102. The van der Waals surface area contributed by atoms with Crippen LogP contribution in [0.2, 0.25) is 0 Å². The van der Waals surface area contributed by atoms with E-state index in [9.17, 15) is 14.4 Å². The van der Waals surface area contributed by atoms with Crippen molar-refractivity contribution in [3.63, 3.8) is 0 Å². The van der Waals surface area contributed by atoms with Crippen LogP contribution < -0.4 is 10.6 Å². The number of nitrogens with zero attached hydrogens (tertiary/aromatic N) is 1. The molecule has 2 N–H and O–H groups in total. The summed E-state index contributed by atoms with van der Waals surface area (Å²) in [7, 11) is 0. The minimum atomic E-state index is -0.950. The second-order valence-corrected chi connectivity index (χ2v) is 13.0. The third kappa shape index (κ3) is 10.7. The van der Waals surface area contributed by atoms with Gasteiger partial charge < -0.3 is 20.3 Å². The Morgan fingerprint density at radius 1 is 0.952 bits per heavy atom. The molecule has 0 spiro atoms. The molecule has 2 aromatic rings. The van der Waals surface area contributed by atoms with Crippen LogP contribution in [0.4, 0.5) is 10.5 Å². The third-order valence-corrected chi connectivity index (χ3v) is 6.98. The van der Waals surface area contributed by atoms with Crippen molar-refractivity contribution in [1.82, 2.24) is 10.2 Å². The zero-order valence-electron chi connectivity index (χ0n) is 27.0. The van der Waals surface area contributed by atoms with Crippen molar-refractivity contribution in [2.45, 2.75) is 105 Å². The number of hydrogen-bond acceptors (Lipinski definition) is 4. The van der Waals surface area contributed by atoms with Gasteiger partial charge in [-0.05, 0) is 94.5 Å². The van der Waals surface area contributed by atoms with Gasteiger partial charge in [0, 0.05) is 11.7 Å². The van der Waals surface area contributed by atoms with Gasteiger partial charge >= 0.3 is 6.09 Å². The van der Waals surface area contributed by atoms with Crippen LogP contribution in [0.1, 0.15) is 97.4 Å². The van der Waals surface area contributed by atoms with Gasteiger partial charge in [0.1, 0.15) is 17.7 Å². The fourth-order valence-electron chi connectivity index (χ4n) is 4.84. The molecule has 0 aromatic heterocycles. The molecule has 3 unspecified atom stereocenters. The third-order valence-electron chi connectivity index (χ3n) is 6.98. The molecule has 7 heteroatoms. The van der Waals surface area contributed by atoms with Crippen LogP contribution in [-0.2, 0) is 14.3 Å². The Labute approximate surface area is 253 Å². The van der Waals surface area contributed by atoms with Gasteiger partial charge in [-0.15, -0.1) is 0 Å². The second kappa shape index (κ2) is 15.6. The number of anilines is 1. The van der Waals surface area contributed by atoms with Crippen LogP contribution in [-0.4, -0.2) is 40.5 Å². The first-order chi connectivity index (χ1) is 19.6. The summed E-state index contributed by atoms with van der Waals surface area (Å²) in [4.78, 5) is 43.5. The number of alkyl carbamates (subject to hydrolysis) is 1. The fourth-order valence-corrected chi connectivity index (χ4v) is 4.84. The molecule has 0 bridgehead atoms. The average Bonchev–Trinajstić information content (AvgIpc) is 2.89. The molecule has 2 aromatic carbocycles. The predicted molar refractivity (Wildman–Crippen MR) is 172 cm³/mol. The van der Waals surface area contributed by atoms with Gasteiger partial charge in [-0.25, -0.2) is 4.79 Å². The molecule has 2 rings (SSSR count). The van der Waals surface area contributed by atoms with Crippen molar-refractivity contribution in [1.29, 1.82) is 0 Å². The van der Waals surface area contributed by atoms with Crippen molar-refractivity contribution in [2.24, 2.45) is 11.8 Å². The first-order valence-electron chi connectivity index (χ1n) is 15.0. The van der Waals surface area contributed by atoms with Crippen LogP contribution in [0.5, 0.6) is 0 Å². The van der Waals surface area contributed by atoms with Gasteiger partial charge in [0.15, 0.2) is 0 Å². The van der Waals surface area contributed by atoms with E-state index < -0.39 is 23.8 Å². The minimum Gasteiger partial charge on any atom is -0.444 e. The van der Waals surface area contributed by atoms with Crippen LogP contribution in [0.3, 0.4) is 0 Å². The molecular weight excluding hydrogens is 526 g/mol. The van der Waals surface area contributed by atoms with Crippen molar-refractivity contribution < 1.29 is 19.1 Å². The quantitative estimate of drug-likeness (QED) is 0.253. The number of para-hydroxylation sites is 1. The molecule has 0 saturated heterocycles. The topological polar surface area (TPSA) is 87.7 Å². The zero-order valence-corrected chi connectivity index (χ0v) is 27.0. The highest BCUT2D eigenvalue weighted by Gasteiger charge is 2.39. The average molecular weight is 578 g/mol. The summed E-state index contributed by atoms with van der Waals surface area (Å²) in [5.41, 5.74) is 2.39. The first kappa shape index (κ1) is 34.6. The Bertz CT molecular complexity index is 1210. The lowest BCUT2D eigenvalue weighted by Crippen LogP contribution is -2.55. The summed E-state index contributed by atoms with van der Waals surface area (Å²) < 4.78 is 5.52. The lowest BCUT2D eigenvalue weighted by Gasteiger charge is -2.39. The van der Waals surface area contributed by atoms with E-state index in [-0.39, 0.29) is 23.8 Å². The van der Waals surface area contributed by atoms with Crippen LogP contribution in [0, 0.1) is 18.8 Å². The summed E-state index contributed by atoms with van der Waals surface area (Å²) in [6, 6.07) is 13.0. The van der Waals surface area contributed by atoms with Gasteiger partial charge in [0.05, 0.1) is 0 Å². The number of hydrogen-bond donors (Lipinski definition) is 2. The maximum absolute atomic E-state index is 14.6. The van der Waals surface area contributed by atoms with Crippen LogP contribution in [0.25, 0.3) is 6.08 Å². The van der Waals surface area contributed by atoms with E-state index in [0.717, 1.165) is 17.5 Å². The Balaban J connectivity index is 2.68. The summed E-state index contributed by atoms with van der Waals surface area (Å²) in [5.74, 6) is -0.125. The molecule has 0 aliphatic carbocycles. The van der Waals surface area contributed by atoms with E-state index in [1.165, 1.54) is 0 Å². The Hall–Kier alpha value is -3.61. The normalized spacial score (nSPS) is 13.7. The number of ether oxygens (including phenoxy) is 1. The fraction of sp³-hybridized carbons (Fsp3) is 0.514. The van der Waals surface area contributed by atoms with E-state index in [4.69, 9.17) is 4.74 Å². The van der Waals surface area contributed by atoms with Crippen LogP contribution in [0.15, 0.2) is 55.1 Å². The molecule has 230 valence electrons. The molecule has 0 radical (unpaired) electrons. The number of carbonyl (C=O) groups excluding carboxylic acids is 3. The van der Waals surface area contributed by atoms with Gasteiger partial charge in [0.2, 0.25) is 5.91 Å². The van der Waals surface area contributed by atoms with E-state index in [2.05, 4.69) is 31.1 Å². The molecule has 0 saturated carbocycles. The number of rotatable bonds is 13. The number of aryl methyl sites for hydroxylation is 1. The Kier molecular flexibility index (Phi) is 12.8. The van der Waals surface area contributed by atoms with Gasteiger partial charge in [-0.1, -0.05) is 76.7 Å². The molecule has 0 fully saturated rings. The van der Waals surface area contributed by atoms with E-state index in [1.807, 2.05) is 76.2 Å². The standard InChI is InChI=1S/C35H51N3O4/c1-11-27-16-14-17-28(22-27)31(32(39)36-29-18-13-12-15-25(29)6)38(26(7)20-19-23(2)3)33(40)30(21-24(4)5)37-34(41)42-35(8,9)10/h11-18,22-24,26,30-31H,1,19-21H2,2-10H3,(H,36,39)(H,37,41). The van der Waals surface area contributed by atoms with Gasteiger partial charge in [-0.3, -0.25) is 9.59 Å². The molecule has 0 aliphatic rings.